The van der Waals surface area contributed by atoms with Gasteiger partial charge in [0.1, 0.15) is 12.2 Å². The summed E-state index contributed by atoms with van der Waals surface area (Å²) >= 11 is 0. The zero-order chi connectivity index (χ0) is 32.5. The summed E-state index contributed by atoms with van der Waals surface area (Å²) in [6, 6.07) is 30.2. The van der Waals surface area contributed by atoms with Crippen LogP contribution in [0.4, 0.5) is 4.79 Å². The summed E-state index contributed by atoms with van der Waals surface area (Å²) in [5.41, 5.74) is 3.28. The second-order valence-electron chi connectivity index (χ2n) is 13.0. The highest BCUT2D eigenvalue weighted by Gasteiger charge is 2.50. The molecule has 2 fully saturated rings. The molecule has 0 spiro atoms. The summed E-state index contributed by atoms with van der Waals surface area (Å²) in [5, 5.41) is 0. The van der Waals surface area contributed by atoms with Gasteiger partial charge in [-0.2, -0.15) is 0 Å². The Hall–Kier alpha value is -3.45. The number of carbonyl (C=O) groups excluding carboxylic acids is 1. The van der Waals surface area contributed by atoms with Crippen LogP contribution in [0.25, 0.3) is 0 Å². The lowest BCUT2D eigenvalue weighted by molar-refractivity contribution is -0.177. The van der Waals surface area contributed by atoms with Crippen molar-refractivity contribution in [2.24, 2.45) is 0 Å². The van der Waals surface area contributed by atoms with E-state index in [2.05, 4.69) is 55.5 Å². The summed E-state index contributed by atoms with van der Waals surface area (Å²) in [6.07, 6.45) is 14.5. The molecule has 5 rings (SSSR count). The number of allylic oxidation sites excluding steroid dienone is 1. The van der Waals surface area contributed by atoms with E-state index in [0.717, 1.165) is 36.0 Å². The summed E-state index contributed by atoms with van der Waals surface area (Å²) in [4.78, 5) is 15.7. The average Bonchev–Trinajstić information content (AvgIpc) is 3.10. The smallest absolute Gasteiger partial charge is 0.410 e. The van der Waals surface area contributed by atoms with Crippen molar-refractivity contribution < 1.29 is 23.7 Å². The van der Waals surface area contributed by atoms with Crippen LogP contribution in [-0.2, 0) is 38.8 Å². The van der Waals surface area contributed by atoms with Crippen LogP contribution in [-0.4, -0.2) is 48.0 Å². The largest absolute Gasteiger partial charge is 0.446 e. The van der Waals surface area contributed by atoms with E-state index < -0.39 is 0 Å². The fourth-order valence-electron chi connectivity index (χ4n) is 6.77. The lowest BCUT2D eigenvalue weighted by Crippen LogP contribution is -2.66. The molecule has 0 aliphatic carbocycles. The van der Waals surface area contributed by atoms with E-state index in [9.17, 15) is 4.79 Å². The zero-order valence-electron chi connectivity index (χ0n) is 28.1. The number of nitrogens with zero attached hydrogens (tertiary/aromatic N) is 1. The van der Waals surface area contributed by atoms with Gasteiger partial charge in [0.2, 0.25) is 0 Å². The highest BCUT2D eigenvalue weighted by atomic mass is 16.6. The second-order valence-corrected chi connectivity index (χ2v) is 13.0. The van der Waals surface area contributed by atoms with Gasteiger partial charge in [0.05, 0.1) is 38.6 Å². The number of hydrogen-bond donors (Lipinski definition) is 0. The average molecular weight is 640 g/mol. The van der Waals surface area contributed by atoms with Crippen molar-refractivity contribution in [1.29, 1.82) is 0 Å². The molecule has 2 aliphatic rings. The van der Waals surface area contributed by atoms with Gasteiger partial charge in [-0.3, -0.25) is 4.90 Å². The number of rotatable bonds is 19. The molecule has 0 radical (unpaired) electrons. The molecular formula is C41H53NO5. The van der Waals surface area contributed by atoms with Gasteiger partial charge in [-0.05, 0) is 36.0 Å². The maximum atomic E-state index is 13.8. The number of benzene rings is 3. The van der Waals surface area contributed by atoms with Crippen molar-refractivity contribution in [3.8, 4) is 0 Å². The lowest BCUT2D eigenvalue weighted by Gasteiger charge is -2.51. The van der Waals surface area contributed by atoms with Crippen LogP contribution in [0, 0.1) is 0 Å². The van der Waals surface area contributed by atoms with Gasteiger partial charge >= 0.3 is 6.09 Å². The van der Waals surface area contributed by atoms with Crippen LogP contribution < -0.4 is 0 Å². The third kappa shape index (κ3) is 11.1. The van der Waals surface area contributed by atoms with Crippen molar-refractivity contribution in [2.75, 3.05) is 6.61 Å². The molecule has 2 heterocycles. The van der Waals surface area contributed by atoms with Crippen LogP contribution in [0.15, 0.2) is 103 Å². The number of carbonyl (C=O) groups is 1. The number of hydrogen-bond acceptors (Lipinski definition) is 5. The molecule has 47 heavy (non-hydrogen) atoms. The molecule has 1 amide bonds. The topological polar surface area (TPSA) is 57.2 Å². The third-order valence-corrected chi connectivity index (χ3v) is 9.30. The normalized spacial score (nSPS) is 22.7. The van der Waals surface area contributed by atoms with E-state index >= 15 is 0 Å². The minimum atomic E-state index is -0.382. The Morgan fingerprint density at radius 1 is 0.723 bits per heavy atom. The molecule has 3 aromatic carbocycles. The molecule has 2 aliphatic heterocycles. The maximum absolute atomic E-state index is 13.8. The van der Waals surface area contributed by atoms with Crippen LogP contribution in [0.3, 0.4) is 0 Å². The highest BCUT2D eigenvalue weighted by Crippen LogP contribution is 2.36. The van der Waals surface area contributed by atoms with E-state index in [1.807, 2.05) is 59.5 Å². The summed E-state index contributed by atoms with van der Waals surface area (Å²) < 4.78 is 25.7. The van der Waals surface area contributed by atoms with Crippen molar-refractivity contribution >= 4 is 6.09 Å². The Bertz CT molecular complexity index is 1320. The summed E-state index contributed by atoms with van der Waals surface area (Å²) in [5.74, 6) is 0. The lowest BCUT2D eigenvalue weighted by atomic mass is 9.86. The number of ether oxygens (including phenoxy) is 4. The molecule has 0 bridgehead atoms. The van der Waals surface area contributed by atoms with E-state index in [0.29, 0.717) is 32.8 Å². The van der Waals surface area contributed by atoms with Gasteiger partial charge in [0, 0.05) is 18.9 Å². The summed E-state index contributed by atoms with van der Waals surface area (Å²) in [6.45, 7) is 3.94. The molecule has 252 valence electrons. The molecule has 0 aromatic heterocycles. The molecular weight excluding hydrogens is 586 g/mol. The van der Waals surface area contributed by atoms with E-state index in [-0.39, 0.29) is 36.5 Å². The molecule has 6 nitrogen and oxygen atoms in total. The van der Waals surface area contributed by atoms with Crippen LogP contribution in [0.2, 0.25) is 0 Å². The van der Waals surface area contributed by atoms with Crippen molar-refractivity contribution in [3.63, 3.8) is 0 Å². The first-order valence-corrected chi connectivity index (χ1v) is 17.8. The van der Waals surface area contributed by atoms with Gasteiger partial charge in [0.15, 0.2) is 0 Å². The standard InChI is InChI=1S/C41H53NO5/c1-2-3-4-5-6-7-8-9-19-26-37-27-36-28-39(45-30-34-22-15-11-16-23-34)40(46-31-35-24-17-12-18-25-35)38(42(36)41(43)47-37)32-44-29-33-20-13-10-14-21-33/h9-25,36-40H,2-8,26-32H2,1H3/b19-9+/t36-,37+,38+,39-,40-/m1/s1. The zero-order valence-corrected chi connectivity index (χ0v) is 28.1. The second kappa shape index (κ2) is 19.4. The Labute approximate surface area is 282 Å². The monoisotopic (exact) mass is 639 g/mol. The molecule has 0 saturated carbocycles. The third-order valence-electron chi connectivity index (χ3n) is 9.30. The van der Waals surface area contributed by atoms with Gasteiger partial charge in [-0.1, -0.05) is 142 Å². The number of fused-ring (bicyclic) bond motifs is 1. The van der Waals surface area contributed by atoms with Crippen LogP contribution in [0.1, 0.15) is 87.8 Å². The first-order chi connectivity index (χ1) is 23.2. The fraction of sp³-hybridized carbons (Fsp3) is 0.488. The Kier molecular flexibility index (Phi) is 14.4. The van der Waals surface area contributed by atoms with Gasteiger partial charge in [-0.25, -0.2) is 4.79 Å². The molecule has 5 atom stereocenters. The fourth-order valence-corrected chi connectivity index (χ4v) is 6.77. The van der Waals surface area contributed by atoms with Gasteiger partial charge in [0.25, 0.3) is 0 Å². The Morgan fingerprint density at radius 2 is 1.32 bits per heavy atom. The van der Waals surface area contributed by atoms with E-state index in [1.165, 1.54) is 38.5 Å². The van der Waals surface area contributed by atoms with Crippen LogP contribution in [0.5, 0.6) is 0 Å². The minimum Gasteiger partial charge on any atom is -0.446 e. The predicted molar refractivity (Wildman–Crippen MR) is 187 cm³/mol. The first-order valence-electron chi connectivity index (χ1n) is 17.8. The van der Waals surface area contributed by atoms with Crippen LogP contribution >= 0.6 is 0 Å². The highest BCUT2D eigenvalue weighted by molar-refractivity contribution is 5.70. The van der Waals surface area contributed by atoms with Gasteiger partial charge in [-0.15, -0.1) is 0 Å². The van der Waals surface area contributed by atoms with Crippen molar-refractivity contribution in [1.82, 2.24) is 4.90 Å². The Morgan fingerprint density at radius 3 is 1.98 bits per heavy atom. The number of piperidine rings is 1. The van der Waals surface area contributed by atoms with Crippen molar-refractivity contribution in [3.05, 3.63) is 120 Å². The molecule has 0 unspecified atom stereocenters. The molecule has 3 aromatic rings. The summed E-state index contributed by atoms with van der Waals surface area (Å²) in [7, 11) is 0. The number of cyclic esters (lactones) is 1. The van der Waals surface area contributed by atoms with E-state index in [1.54, 1.807) is 0 Å². The van der Waals surface area contributed by atoms with E-state index in [4.69, 9.17) is 18.9 Å². The SMILES string of the molecule is CCCCCCCC/C=C/C[C@H]1C[C@@H]2C[C@@H](OCc3ccccc3)[C@H](OCc3ccccc3)[C@H](COCc3ccccc3)N2C(=O)O1. The first kappa shape index (κ1) is 34.9. The minimum absolute atomic E-state index is 0.0177. The molecule has 2 saturated heterocycles. The van der Waals surface area contributed by atoms with Gasteiger partial charge < -0.3 is 18.9 Å². The molecule has 6 heteroatoms. The quantitative estimate of drug-likeness (QED) is 0.0966. The number of amides is 1. The predicted octanol–water partition coefficient (Wildman–Crippen LogP) is 9.42. The Balaban J connectivity index is 1.28. The molecule has 0 N–H and O–H groups in total. The van der Waals surface area contributed by atoms with Crippen molar-refractivity contribution in [2.45, 2.75) is 121 Å². The maximum Gasteiger partial charge on any atom is 0.410 e. The number of unbranched alkanes of at least 4 members (excludes halogenated alkanes) is 6.